The molecule has 0 unspecified atom stereocenters. The maximum absolute atomic E-state index is 10.6. The van der Waals surface area contributed by atoms with Crippen LogP contribution in [-0.4, -0.2) is 16.6 Å². The van der Waals surface area contributed by atoms with Crippen molar-refractivity contribution in [3.05, 3.63) is 33.9 Å². The van der Waals surface area contributed by atoms with Crippen LogP contribution >= 0.6 is 12.2 Å². The van der Waals surface area contributed by atoms with Crippen LogP contribution in [0.5, 0.6) is 0 Å². The Bertz CT molecular complexity index is 449. The van der Waals surface area contributed by atoms with E-state index < -0.39 is 4.92 Å². The highest BCUT2D eigenvalue weighted by Gasteiger charge is 2.08. The van der Waals surface area contributed by atoms with Crippen LogP contribution in [0.1, 0.15) is 25.3 Å². The van der Waals surface area contributed by atoms with E-state index in [-0.39, 0.29) is 5.69 Å². The number of hydrogen-bond acceptors (Lipinski definition) is 3. The molecule has 1 aromatic rings. The number of nitrogens with one attached hydrogen (secondary N) is 2. The molecule has 98 valence electrons. The van der Waals surface area contributed by atoms with Gasteiger partial charge in [0, 0.05) is 24.4 Å². The fraction of sp³-hybridized carbons (Fsp3) is 0.417. The Kier molecular flexibility index (Phi) is 5.51. The molecule has 0 radical (unpaired) electrons. The van der Waals surface area contributed by atoms with E-state index in [9.17, 15) is 10.1 Å². The molecule has 2 N–H and O–H groups in total. The van der Waals surface area contributed by atoms with Crippen LogP contribution in [0.3, 0.4) is 0 Å². The first-order valence-electron chi connectivity index (χ1n) is 5.84. The minimum atomic E-state index is -0.408. The van der Waals surface area contributed by atoms with Crippen LogP contribution in [0, 0.1) is 17.0 Å². The van der Waals surface area contributed by atoms with Gasteiger partial charge in [0.25, 0.3) is 5.69 Å². The number of thiocarbonyl (C=S) groups is 1. The highest BCUT2D eigenvalue weighted by atomic mass is 32.1. The van der Waals surface area contributed by atoms with Crippen molar-refractivity contribution in [3.63, 3.8) is 0 Å². The van der Waals surface area contributed by atoms with Crippen LogP contribution in [0.2, 0.25) is 0 Å². The second-order valence-corrected chi connectivity index (χ2v) is 4.40. The Morgan fingerprint density at radius 3 is 2.78 bits per heavy atom. The number of benzene rings is 1. The summed E-state index contributed by atoms with van der Waals surface area (Å²) >= 11 is 5.14. The van der Waals surface area contributed by atoms with E-state index in [1.54, 1.807) is 6.07 Å². The summed E-state index contributed by atoms with van der Waals surface area (Å²) < 4.78 is 0. The molecule has 0 atom stereocenters. The second-order valence-electron chi connectivity index (χ2n) is 3.99. The normalized spacial score (nSPS) is 9.89. The molecule has 0 aliphatic rings. The van der Waals surface area contributed by atoms with Gasteiger partial charge < -0.3 is 10.6 Å². The van der Waals surface area contributed by atoms with E-state index in [0.29, 0.717) is 5.11 Å². The first-order valence-corrected chi connectivity index (χ1v) is 6.25. The van der Waals surface area contributed by atoms with Gasteiger partial charge in [-0.25, -0.2) is 0 Å². The zero-order valence-electron chi connectivity index (χ0n) is 10.5. The van der Waals surface area contributed by atoms with Gasteiger partial charge >= 0.3 is 0 Å². The number of hydrogen-bond donors (Lipinski definition) is 2. The highest BCUT2D eigenvalue weighted by Crippen LogP contribution is 2.20. The Hall–Kier alpha value is -1.69. The zero-order chi connectivity index (χ0) is 13.5. The summed E-state index contributed by atoms with van der Waals surface area (Å²) in [6.07, 6.45) is 2.16. The largest absolute Gasteiger partial charge is 0.362 e. The van der Waals surface area contributed by atoms with Crippen molar-refractivity contribution in [2.45, 2.75) is 26.7 Å². The number of non-ortho nitro benzene ring substituents is 1. The molecule has 0 heterocycles. The lowest BCUT2D eigenvalue weighted by atomic mass is 10.2. The van der Waals surface area contributed by atoms with E-state index >= 15 is 0 Å². The van der Waals surface area contributed by atoms with Crippen LogP contribution in [-0.2, 0) is 0 Å². The molecular weight excluding hydrogens is 250 g/mol. The van der Waals surface area contributed by atoms with Crippen LogP contribution < -0.4 is 10.6 Å². The quantitative estimate of drug-likeness (QED) is 0.371. The zero-order valence-corrected chi connectivity index (χ0v) is 11.3. The Balaban J connectivity index is 2.62. The van der Waals surface area contributed by atoms with E-state index in [4.69, 9.17) is 12.2 Å². The third-order valence-electron chi connectivity index (χ3n) is 2.48. The summed E-state index contributed by atoms with van der Waals surface area (Å²) in [4.78, 5) is 10.2. The number of anilines is 1. The first-order chi connectivity index (χ1) is 8.54. The van der Waals surface area contributed by atoms with Gasteiger partial charge in [-0.15, -0.1) is 0 Å². The van der Waals surface area contributed by atoms with E-state index in [0.717, 1.165) is 30.6 Å². The van der Waals surface area contributed by atoms with Gasteiger partial charge in [-0.1, -0.05) is 13.3 Å². The van der Waals surface area contributed by atoms with Crippen molar-refractivity contribution in [2.24, 2.45) is 0 Å². The average Bonchev–Trinajstić information content (AvgIpc) is 2.32. The molecule has 5 nitrogen and oxygen atoms in total. The van der Waals surface area contributed by atoms with Crippen LogP contribution in [0.25, 0.3) is 0 Å². The summed E-state index contributed by atoms with van der Waals surface area (Å²) in [7, 11) is 0. The number of nitro groups is 1. The first kappa shape index (κ1) is 14.4. The predicted molar refractivity (Wildman–Crippen MR) is 77.0 cm³/mol. The summed E-state index contributed by atoms with van der Waals surface area (Å²) in [6, 6.07) is 4.66. The summed E-state index contributed by atoms with van der Waals surface area (Å²) in [5.41, 5.74) is 1.67. The lowest BCUT2D eigenvalue weighted by Crippen LogP contribution is -2.29. The van der Waals surface area contributed by atoms with Crippen molar-refractivity contribution in [1.82, 2.24) is 5.32 Å². The molecule has 6 heteroatoms. The monoisotopic (exact) mass is 267 g/mol. The Morgan fingerprint density at radius 2 is 2.22 bits per heavy atom. The Morgan fingerprint density at radius 1 is 1.50 bits per heavy atom. The second kappa shape index (κ2) is 6.90. The minimum Gasteiger partial charge on any atom is -0.362 e. The van der Waals surface area contributed by atoms with Crippen molar-refractivity contribution < 1.29 is 4.92 Å². The lowest BCUT2D eigenvalue weighted by Gasteiger charge is -2.11. The topological polar surface area (TPSA) is 67.2 Å². The van der Waals surface area contributed by atoms with Crippen molar-refractivity contribution in [3.8, 4) is 0 Å². The minimum absolute atomic E-state index is 0.0860. The van der Waals surface area contributed by atoms with E-state index in [1.807, 2.05) is 6.92 Å². The van der Waals surface area contributed by atoms with Gasteiger partial charge in [0.1, 0.15) is 0 Å². The molecule has 0 saturated carbocycles. The molecule has 0 fully saturated rings. The molecule has 0 aliphatic heterocycles. The molecule has 0 spiro atoms. The number of aryl methyl sites for hydroxylation is 1. The van der Waals surface area contributed by atoms with Gasteiger partial charge in [-0.2, -0.15) is 0 Å². The maximum Gasteiger partial charge on any atom is 0.269 e. The molecule has 0 aromatic heterocycles. The van der Waals surface area contributed by atoms with Crippen molar-refractivity contribution in [1.29, 1.82) is 0 Å². The standard InChI is InChI=1S/C12H17N3O2S/c1-3-4-7-13-12(18)14-11-6-5-10(15(16)17)8-9(11)2/h5-6,8H,3-4,7H2,1-2H3,(H2,13,14,18). The third-order valence-corrected chi connectivity index (χ3v) is 2.73. The molecule has 0 aliphatic carbocycles. The smallest absolute Gasteiger partial charge is 0.269 e. The van der Waals surface area contributed by atoms with Gasteiger partial charge in [-0.3, -0.25) is 10.1 Å². The van der Waals surface area contributed by atoms with Gasteiger partial charge in [0.05, 0.1) is 4.92 Å². The molecular formula is C12H17N3O2S. The summed E-state index contributed by atoms with van der Waals surface area (Å²) in [6.45, 7) is 4.75. The Labute approximate surface area is 112 Å². The maximum atomic E-state index is 10.6. The van der Waals surface area contributed by atoms with Crippen molar-refractivity contribution in [2.75, 3.05) is 11.9 Å². The lowest BCUT2D eigenvalue weighted by molar-refractivity contribution is -0.384. The number of rotatable bonds is 5. The third kappa shape index (κ3) is 4.29. The molecule has 18 heavy (non-hydrogen) atoms. The summed E-state index contributed by atoms with van der Waals surface area (Å²) in [5, 5.41) is 17.3. The molecule has 0 bridgehead atoms. The number of nitrogens with zero attached hydrogens (tertiary/aromatic N) is 1. The molecule has 0 saturated heterocycles. The number of unbranched alkanes of at least 4 members (excludes halogenated alkanes) is 1. The fourth-order valence-corrected chi connectivity index (χ4v) is 1.66. The molecule has 0 amide bonds. The SMILES string of the molecule is CCCCNC(=S)Nc1ccc([N+](=O)[O-])cc1C. The van der Waals surface area contributed by atoms with Gasteiger partial charge in [0.15, 0.2) is 5.11 Å². The molecule has 1 rings (SSSR count). The van der Waals surface area contributed by atoms with Gasteiger partial charge in [-0.05, 0) is 37.2 Å². The highest BCUT2D eigenvalue weighted by molar-refractivity contribution is 7.80. The fourth-order valence-electron chi connectivity index (χ4n) is 1.45. The number of nitro benzene ring substituents is 1. The average molecular weight is 267 g/mol. The van der Waals surface area contributed by atoms with Crippen LogP contribution in [0.4, 0.5) is 11.4 Å². The van der Waals surface area contributed by atoms with Gasteiger partial charge in [0.2, 0.25) is 0 Å². The molecule has 1 aromatic carbocycles. The van der Waals surface area contributed by atoms with Crippen molar-refractivity contribution >= 4 is 28.7 Å². The predicted octanol–water partition coefficient (Wildman–Crippen LogP) is 2.99. The van der Waals surface area contributed by atoms with Crippen LogP contribution in [0.15, 0.2) is 18.2 Å². The van der Waals surface area contributed by atoms with E-state index in [2.05, 4.69) is 17.6 Å². The summed E-state index contributed by atoms with van der Waals surface area (Å²) in [5.74, 6) is 0. The van der Waals surface area contributed by atoms with E-state index in [1.165, 1.54) is 12.1 Å².